The van der Waals surface area contributed by atoms with Crippen molar-refractivity contribution in [3.63, 3.8) is 0 Å². The van der Waals surface area contributed by atoms with E-state index in [9.17, 15) is 29.4 Å². The molecular weight excluding hydrogens is 536 g/mol. The molecule has 208 valence electrons. The third-order valence-corrected chi connectivity index (χ3v) is 6.42. The summed E-state index contributed by atoms with van der Waals surface area (Å²) in [5.41, 5.74) is 1.97. The van der Waals surface area contributed by atoms with Gasteiger partial charge in [-0.15, -0.1) is 5.73 Å². The standard InChI is InChI=1S/C32H24N4O6/c1-20-12-14-21(15-13-20)22(16-18-25-27(37)33-31(41)35(29(25)39)23-8-4-2-5-9-23)17-19-26-28(38)34-32(42)36(30(26)40)24-10-6-3-7-11-24/h2-16,18-19,39-40H,1H3,(H,33,37,41)(H,34,38,42). The smallest absolute Gasteiger partial charge is 0.335 e. The van der Waals surface area contributed by atoms with E-state index in [1.54, 1.807) is 72.8 Å². The van der Waals surface area contributed by atoms with Crippen LogP contribution in [0.1, 0.15) is 22.3 Å². The first-order chi connectivity index (χ1) is 20.2. The Balaban J connectivity index is 1.68. The molecule has 2 aromatic heterocycles. The minimum atomic E-state index is -0.826. The lowest BCUT2D eigenvalue weighted by molar-refractivity contribution is 0.429. The number of benzene rings is 3. The highest BCUT2D eigenvalue weighted by Gasteiger charge is 2.15. The lowest BCUT2D eigenvalue weighted by atomic mass is 10.0. The van der Waals surface area contributed by atoms with Crippen molar-refractivity contribution in [1.82, 2.24) is 19.1 Å². The minimum absolute atomic E-state index is 0.191. The number of nitrogens with one attached hydrogen (secondary N) is 2. The molecule has 0 aliphatic carbocycles. The van der Waals surface area contributed by atoms with Crippen LogP contribution in [-0.4, -0.2) is 29.3 Å². The quantitative estimate of drug-likeness (QED) is 0.184. The number of allylic oxidation sites excluding steroid dienone is 2. The van der Waals surface area contributed by atoms with Crippen LogP contribution in [0.5, 0.6) is 11.8 Å². The zero-order chi connectivity index (χ0) is 29.8. The first-order valence-electron chi connectivity index (χ1n) is 12.7. The maximum absolute atomic E-state index is 12.7. The van der Waals surface area contributed by atoms with E-state index < -0.39 is 34.3 Å². The number of aromatic nitrogens is 4. The Morgan fingerprint density at radius 3 is 1.69 bits per heavy atom. The zero-order valence-corrected chi connectivity index (χ0v) is 22.2. The molecule has 42 heavy (non-hydrogen) atoms. The fraction of sp³-hybridized carbons (Fsp3) is 0.0312. The van der Waals surface area contributed by atoms with Gasteiger partial charge in [-0.25, -0.2) is 18.7 Å². The SMILES string of the molecule is Cc1ccc(C(=C=Cc2c(O)n(-c3ccccc3)c(=O)[nH]c2=O)C=Cc2c(O)n(-c3ccccc3)c(=O)[nH]c2=O)cc1. The Labute approximate surface area is 237 Å². The van der Waals surface area contributed by atoms with Crippen LogP contribution in [-0.2, 0) is 0 Å². The van der Waals surface area contributed by atoms with E-state index in [4.69, 9.17) is 0 Å². The van der Waals surface area contributed by atoms with Gasteiger partial charge in [-0.2, -0.15) is 0 Å². The fourth-order valence-corrected chi connectivity index (χ4v) is 4.27. The highest BCUT2D eigenvalue weighted by molar-refractivity contribution is 5.81. The molecule has 3 aromatic carbocycles. The van der Waals surface area contributed by atoms with Crippen LogP contribution in [0.2, 0.25) is 0 Å². The molecule has 4 N–H and O–H groups in total. The molecule has 0 fully saturated rings. The van der Waals surface area contributed by atoms with Gasteiger partial charge in [-0.05, 0) is 55.0 Å². The first-order valence-corrected chi connectivity index (χ1v) is 12.7. The number of para-hydroxylation sites is 2. The van der Waals surface area contributed by atoms with Gasteiger partial charge in [-0.3, -0.25) is 19.6 Å². The fourth-order valence-electron chi connectivity index (χ4n) is 4.27. The number of aromatic amines is 2. The summed E-state index contributed by atoms with van der Waals surface area (Å²) in [4.78, 5) is 54.8. The normalized spacial score (nSPS) is 10.9. The van der Waals surface area contributed by atoms with Crippen molar-refractivity contribution in [1.29, 1.82) is 0 Å². The second-order valence-electron chi connectivity index (χ2n) is 9.24. The van der Waals surface area contributed by atoms with Crippen LogP contribution < -0.4 is 22.5 Å². The van der Waals surface area contributed by atoms with Crippen molar-refractivity contribution in [3.05, 3.63) is 161 Å². The van der Waals surface area contributed by atoms with Crippen LogP contribution in [0.4, 0.5) is 0 Å². The zero-order valence-electron chi connectivity index (χ0n) is 22.2. The molecule has 0 radical (unpaired) electrons. The molecule has 0 atom stereocenters. The monoisotopic (exact) mass is 560 g/mol. The molecule has 2 heterocycles. The Bertz CT molecular complexity index is 2110. The molecule has 5 rings (SSSR count). The van der Waals surface area contributed by atoms with Gasteiger partial charge in [0.15, 0.2) is 0 Å². The topological polar surface area (TPSA) is 150 Å². The predicted molar refractivity (Wildman–Crippen MR) is 160 cm³/mol. The Morgan fingerprint density at radius 1 is 0.690 bits per heavy atom. The number of aromatic hydroxyl groups is 2. The van der Waals surface area contributed by atoms with Gasteiger partial charge < -0.3 is 10.2 Å². The first kappa shape index (κ1) is 27.4. The Morgan fingerprint density at radius 2 is 1.17 bits per heavy atom. The lowest BCUT2D eigenvalue weighted by Crippen LogP contribution is -2.30. The van der Waals surface area contributed by atoms with E-state index in [1.165, 1.54) is 18.2 Å². The third-order valence-electron chi connectivity index (χ3n) is 6.42. The van der Waals surface area contributed by atoms with Crippen molar-refractivity contribution in [3.8, 4) is 23.1 Å². The number of hydrogen-bond donors (Lipinski definition) is 4. The Kier molecular flexibility index (Phi) is 7.55. The summed E-state index contributed by atoms with van der Waals surface area (Å²) in [6, 6.07) is 23.9. The minimum Gasteiger partial charge on any atom is -0.494 e. The number of rotatable bonds is 6. The van der Waals surface area contributed by atoms with Crippen molar-refractivity contribution in [2.24, 2.45) is 0 Å². The van der Waals surface area contributed by atoms with E-state index in [0.717, 1.165) is 14.7 Å². The molecule has 10 nitrogen and oxygen atoms in total. The lowest BCUT2D eigenvalue weighted by Gasteiger charge is -2.10. The largest absolute Gasteiger partial charge is 0.494 e. The van der Waals surface area contributed by atoms with Crippen molar-refractivity contribution in [2.45, 2.75) is 6.92 Å². The van der Waals surface area contributed by atoms with Crippen LogP contribution in [0.25, 0.3) is 29.1 Å². The summed E-state index contributed by atoms with van der Waals surface area (Å²) in [5, 5.41) is 21.8. The molecule has 0 aliphatic heterocycles. The molecular formula is C32H24N4O6. The van der Waals surface area contributed by atoms with Crippen LogP contribution in [0.3, 0.4) is 0 Å². The number of nitrogens with zero attached hydrogens (tertiary/aromatic N) is 2. The highest BCUT2D eigenvalue weighted by Crippen LogP contribution is 2.22. The molecule has 0 spiro atoms. The molecule has 0 unspecified atom stereocenters. The van der Waals surface area contributed by atoms with Gasteiger partial charge in [-0.1, -0.05) is 66.2 Å². The maximum Gasteiger partial charge on any atom is 0.335 e. The summed E-state index contributed by atoms with van der Waals surface area (Å²) in [7, 11) is 0. The predicted octanol–water partition coefficient (Wildman–Crippen LogP) is 3.49. The highest BCUT2D eigenvalue weighted by atomic mass is 16.3. The van der Waals surface area contributed by atoms with Crippen molar-refractivity contribution >= 4 is 17.7 Å². The van der Waals surface area contributed by atoms with Gasteiger partial charge in [0, 0.05) is 5.57 Å². The third kappa shape index (κ3) is 5.46. The summed E-state index contributed by atoms with van der Waals surface area (Å²) >= 11 is 0. The van der Waals surface area contributed by atoms with Crippen LogP contribution in [0, 0.1) is 6.92 Å². The van der Waals surface area contributed by atoms with E-state index >= 15 is 0 Å². The van der Waals surface area contributed by atoms with Crippen molar-refractivity contribution in [2.75, 3.05) is 0 Å². The van der Waals surface area contributed by atoms with E-state index in [2.05, 4.69) is 15.7 Å². The maximum atomic E-state index is 12.7. The average Bonchev–Trinajstić information content (AvgIpc) is 2.97. The van der Waals surface area contributed by atoms with Gasteiger partial charge in [0.2, 0.25) is 11.8 Å². The molecule has 0 saturated heterocycles. The summed E-state index contributed by atoms with van der Waals surface area (Å²) in [5.74, 6) is -1.15. The van der Waals surface area contributed by atoms with Gasteiger partial charge in [0.05, 0.1) is 11.4 Å². The molecule has 0 aliphatic rings. The van der Waals surface area contributed by atoms with E-state index in [-0.39, 0.29) is 11.1 Å². The summed E-state index contributed by atoms with van der Waals surface area (Å²) < 4.78 is 1.93. The number of H-pyrrole nitrogens is 2. The van der Waals surface area contributed by atoms with E-state index in [1.807, 2.05) is 19.1 Å². The molecule has 0 saturated carbocycles. The van der Waals surface area contributed by atoms with Crippen LogP contribution in [0.15, 0.2) is 116 Å². The average molecular weight is 561 g/mol. The van der Waals surface area contributed by atoms with Gasteiger partial charge in [0.1, 0.15) is 11.1 Å². The number of hydrogen-bond acceptors (Lipinski definition) is 6. The van der Waals surface area contributed by atoms with E-state index in [0.29, 0.717) is 22.5 Å². The second kappa shape index (κ2) is 11.5. The van der Waals surface area contributed by atoms with Gasteiger partial charge >= 0.3 is 11.4 Å². The summed E-state index contributed by atoms with van der Waals surface area (Å²) in [6.07, 6.45) is 4.02. The summed E-state index contributed by atoms with van der Waals surface area (Å²) in [6.45, 7) is 1.91. The second-order valence-corrected chi connectivity index (χ2v) is 9.24. The van der Waals surface area contributed by atoms with Gasteiger partial charge in [0.25, 0.3) is 11.1 Å². The molecule has 0 amide bonds. The number of aryl methyl sites for hydroxylation is 1. The molecule has 10 heteroatoms. The van der Waals surface area contributed by atoms with Crippen LogP contribution >= 0.6 is 0 Å². The van der Waals surface area contributed by atoms with Crippen molar-refractivity contribution < 1.29 is 10.2 Å². The molecule has 0 bridgehead atoms. The molecule has 5 aromatic rings. The Hall–Kier alpha value is -6.12.